The van der Waals surface area contributed by atoms with Gasteiger partial charge in [-0.3, -0.25) is 0 Å². The van der Waals surface area contributed by atoms with E-state index in [0.29, 0.717) is 6.61 Å². The highest BCUT2D eigenvalue weighted by Gasteiger charge is 2.38. The molecule has 0 unspecified atom stereocenters. The van der Waals surface area contributed by atoms with Crippen LogP contribution in [0.2, 0.25) is 0 Å². The largest absolute Gasteiger partial charge is 0.489 e. The van der Waals surface area contributed by atoms with Crippen LogP contribution in [0.4, 0.5) is 4.79 Å². The fraction of sp³-hybridized carbons (Fsp3) is 0.345. The van der Waals surface area contributed by atoms with Crippen molar-refractivity contribution in [3.63, 3.8) is 0 Å². The smallest absolute Gasteiger partial charge is 0.410 e. The van der Waals surface area contributed by atoms with E-state index in [0.717, 1.165) is 24.2 Å². The van der Waals surface area contributed by atoms with Gasteiger partial charge in [-0.2, -0.15) is 0 Å². The Kier molecular flexibility index (Phi) is 6.73. The van der Waals surface area contributed by atoms with Crippen LogP contribution in [0.3, 0.4) is 0 Å². The van der Waals surface area contributed by atoms with Crippen LogP contribution < -0.4 is 4.74 Å². The molecule has 0 aromatic heterocycles. The molecule has 0 heterocycles. The third-order valence-corrected chi connectivity index (χ3v) is 6.15. The third kappa shape index (κ3) is 5.75. The molecule has 0 spiro atoms. The maximum Gasteiger partial charge on any atom is 0.410 e. The number of carbonyl (C=O) groups excluding carboxylic acids is 1. The van der Waals surface area contributed by atoms with Crippen molar-refractivity contribution < 1.29 is 14.3 Å². The van der Waals surface area contributed by atoms with Crippen molar-refractivity contribution in [1.82, 2.24) is 4.90 Å². The van der Waals surface area contributed by atoms with E-state index in [4.69, 9.17) is 9.47 Å². The highest BCUT2D eigenvalue weighted by atomic mass is 16.6. The number of likely N-dealkylation sites (N-methyl/N-ethyl adjacent to an activating group) is 1. The van der Waals surface area contributed by atoms with Crippen LogP contribution in [0.25, 0.3) is 0 Å². The quantitative estimate of drug-likeness (QED) is 0.443. The summed E-state index contributed by atoms with van der Waals surface area (Å²) in [6, 6.07) is 27.1. The van der Waals surface area contributed by atoms with Crippen LogP contribution in [-0.2, 0) is 24.2 Å². The molecule has 4 heteroatoms. The Balaban J connectivity index is 1.47. The minimum atomic E-state index is -0.512. The highest BCUT2D eigenvalue weighted by Crippen LogP contribution is 2.38. The van der Waals surface area contributed by atoms with Crippen LogP contribution in [0.1, 0.15) is 48.9 Å². The molecule has 4 nitrogen and oxygen atoms in total. The zero-order valence-electron chi connectivity index (χ0n) is 20.0. The van der Waals surface area contributed by atoms with Crippen molar-refractivity contribution in [2.24, 2.45) is 0 Å². The summed E-state index contributed by atoms with van der Waals surface area (Å²) in [6.45, 7) is 6.27. The topological polar surface area (TPSA) is 38.8 Å². The summed E-state index contributed by atoms with van der Waals surface area (Å²) in [5, 5.41) is 0. The molecule has 0 N–H and O–H groups in total. The summed E-state index contributed by atoms with van der Waals surface area (Å²) >= 11 is 0. The monoisotopic (exact) mass is 443 g/mol. The van der Waals surface area contributed by atoms with E-state index in [1.165, 1.54) is 16.7 Å². The SMILES string of the molecule is CN(C(=O)OC(C)(C)C)[C@@H]1Cc2ccccc2[C@@H]1Cc1ccc(OCc2ccccc2)cc1. The van der Waals surface area contributed by atoms with Gasteiger partial charge in [0.1, 0.15) is 18.0 Å². The molecule has 0 bridgehead atoms. The number of benzene rings is 3. The number of fused-ring (bicyclic) bond motifs is 1. The van der Waals surface area contributed by atoms with Crippen molar-refractivity contribution in [3.05, 3.63) is 101 Å². The number of rotatable bonds is 6. The summed E-state index contributed by atoms with van der Waals surface area (Å²) in [7, 11) is 1.86. The molecule has 4 rings (SSSR count). The van der Waals surface area contributed by atoms with Gasteiger partial charge in [0.25, 0.3) is 0 Å². The normalized spacial score (nSPS) is 17.3. The molecule has 172 valence electrons. The van der Waals surface area contributed by atoms with Crippen LogP contribution in [-0.4, -0.2) is 29.7 Å². The first-order valence-corrected chi connectivity index (χ1v) is 11.6. The first-order chi connectivity index (χ1) is 15.8. The number of carbonyl (C=O) groups is 1. The lowest BCUT2D eigenvalue weighted by Gasteiger charge is -2.32. The second kappa shape index (κ2) is 9.70. The Hall–Kier alpha value is -3.27. The van der Waals surface area contributed by atoms with Crippen LogP contribution >= 0.6 is 0 Å². The average molecular weight is 444 g/mol. The maximum atomic E-state index is 12.8. The Morgan fingerprint density at radius 1 is 0.909 bits per heavy atom. The van der Waals surface area contributed by atoms with Gasteiger partial charge in [0.05, 0.1) is 0 Å². The second-order valence-electron chi connectivity index (χ2n) is 9.79. The summed E-state index contributed by atoms with van der Waals surface area (Å²) in [6.07, 6.45) is 1.43. The summed E-state index contributed by atoms with van der Waals surface area (Å²) in [4.78, 5) is 14.6. The lowest BCUT2D eigenvalue weighted by atomic mass is 9.90. The fourth-order valence-electron chi connectivity index (χ4n) is 4.50. The lowest BCUT2D eigenvalue weighted by molar-refractivity contribution is 0.0207. The van der Waals surface area contributed by atoms with E-state index < -0.39 is 5.60 Å². The minimum Gasteiger partial charge on any atom is -0.489 e. The van der Waals surface area contributed by atoms with E-state index >= 15 is 0 Å². The Labute approximate surface area is 197 Å². The van der Waals surface area contributed by atoms with Gasteiger partial charge in [-0.05, 0) is 68.0 Å². The number of ether oxygens (including phenoxy) is 2. The molecular formula is C29H33NO3. The molecule has 0 saturated carbocycles. The van der Waals surface area contributed by atoms with Crippen molar-refractivity contribution >= 4 is 6.09 Å². The fourth-order valence-corrected chi connectivity index (χ4v) is 4.50. The molecule has 0 radical (unpaired) electrons. The maximum absolute atomic E-state index is 12.8. The second-order valence-corrected chi connectivity index (χ2v) is 9.79. The predicted molar refractivity (Wildman–Crippen MR) is 132 cm³/mol. The molecular weight excluding hydrogens is 410 g/mol. The van der Waals surface area contributed by atoms with Crippen molar-refractivity contribution in [2.45, 2.75) is 57.8 Å². The van der Waals surface area contributed by atoms with E-state index in [1.807, 2.05) is 58.2 Å². The van der Waals surface area contributed by atoms with Gasteiger partial charge in [-0.25, -0.2) is 4.79 Å². The average Bonchev–Trinajstić information content (AvgIpc) is 3.16. The molecule has 2 atom stereocenters. The molecule has 0 aliphatic heterocycles. The molecule has 0 fully saturated rings. The van der Waals surface area contributed by atoms with E-state index in [-0.39, 0.29) is 18.1 Å². The van der Waals surface area contributed by atoms with E-state index in [1.54, 1.807) is 4.90 Å². The number of amides is 1. The van der Waals surface area contributed by atoms with Gasteiger partial charge < -0.3 is 14.4 Å². The van der Waals surface area contributed by atoms with Crippen LogP contribution in [0, 0.1) is 0 Å². The van der Waals surface area contributed by atoms with Gasteiger partial charge in [0, 0.05) is 19.0 Å². The Morgan fingerprint density at radius 3 is 2.27 bits per heavy atom. The molecule has 1 aliphatic carbocycles. The van der Waals surface area contributed by atoms with Gasteiger partial charge in [0.15, 0.2) is 0 Å². The van der Waals surface area contributed by atoms with Crippen molar-refractivity contribution in [2.75, 3.05) is 7.05 Å². The summed E-state index contributed by atoms with van der Waals surface area (Å²) in [5.41, 5.74) is 4.50. The third-order valence-electron chi connectivity index (χ3n) is 6.15. The van der Waals surface area contributed by atoms with Crippen LogP contribution in [0.15, 0.2) is 78.9 Å². The highest BCUT2D eigenvalue weighted by molar-refractivity contribution is 5.69. The molecule has 33 heavy (non-hydrogen) atoms. The number of hydrogen-bond acceptors (Lipinski definition) is 3. The standard InChI is InChI=1S/C29H33NO3/c1-29(2,3)33-28(31)30(4)27-19-23-12-8-9-13-25(23)26(27)18-21-14-16-24(17-15-21)32-20-22-10-6-5-7-11-22/h5-17,26-27H,18-20H2,1-4H3/t26-,27+/m0/s1. The Bertz CT molecular complexity index is 1070. The first kappa shape index (κ1) is 22.9. The van der Waals surface area contributed by atoms with Gasteiger partial charge in [0.2, 0.25) is 0 Å². The van der Waals surface area contributed by atoms with Gasteiger partial charge >= 0.3 is 6.09 Å². The number of hydrogen-bond donors (Lipinski definition) is 0. The molecule has 1 aliphatic rings. The zero-order chi connectivity index (χ0) is 23.4. The lowest BCUT2D eigenvalue weighted by Crippen LogP contribution is -2.43. The van der Waals surface area contributed by atoms with Gasteiger partial charge in [-0.1, -0.05) is 66.7 Å². The molecule has 0 saturated heterocycles. The van der Waals surface area contributed by atoms with Crippen LogP contribution in [0.5, 0.6) is 5.75 Å². The summed E-state index contributed by atoms with van der Waals surface area (Å²) in [5.74, 6) is 1.08. The number of nitrogens with zero attached hydrogens (tertiary/aromatic N) is 1. The molecule has 3 aromatic carbocycles. The van der Waals surface area contributed by atoms with E-state index in [2.05, 4.69) is 48.5 Å². The van der Waals surface area contributed by atoms with Crippen molar-refractivity contribution in [1.29, 1.82) is 0 Å². The molecule has 3 aromatic rings. The first-order valence-electron chi connectivity index (χ1n) is 11.6. The van der Waals surface area contributed by atoms with E-state index in [9.17, 15) is 4.79 Å². The minimum absolute atomic E-state index is 0.0613. The Morgan fingerprint density at radius 2 is 1.58 bits per heavy atom. The molecule has 1 amide bonds. The zero-order valence-corrected chi connectivity index (χ0v) is 20.0. The van der Waals surface area contributed by atoms with Crippen molar-refractivity contribution in [3.8, 4) is 5.75 Å². The van der Waals surface area contributed by atoms with Gasteiger partial charge in [-0.15, -0.1) is 0 Å². The predicted octanol–water partition coefficient (Wildman–Crippen LogP) is 6.38. The summed E-state index contributed by atoms with van der Waals surface area (Å²) < 4.78 is 11.6.